The van der Waals surface area contributed by atoms with Gasteiger partial charge in [0.25, 0.3) is 21.6 Å². The minimum Gasteiger partial charge on any atom is -0.489 e. The van der Waals surface area contributed by atoms with Gasteiger partial charge in [-0.1, -0.05) is 24.3 Å². The lowest BCUT2D eigenvalue weighted by molar-refractivity contribution is -0.384. The van der Waals surface area contributed by atoms with E-state index in [1.54, 1.807) is 19.1 Å². The molecule has 5 fully saturated rings. The molecule has 11 rings (SSSR count). The van der Waals surface area contributed by atoms with Crippen LogP contribution in [0.15, 0.2) is 78.0 Å². The monoisotopic (exact) mass is 949 g/mol. The highest BCUT2D eigenvalue weighted by atomic mass is 32.2. The first kappa shape index (κ1) is 44.7. The van der Waals surface area contributed by atoms with Gasteiger partial charge in [0.1, 0.15) is 29.6 Å². The van der Waals surface area contributed by atoms with Crippen molar-refractivity contribution in [3.63, 3.8) is 0 Å². The van der Waals surface area contributed by atoms with Crippen molar-refractivity contribution in [2.45, 2.75) is 118 Å². The smallest absolute Gasteiger partial charge is 0.297 e. The second-order valence-electron chi connectivity index (χ2n) is 20.5. The highest BCUT2D eigenvalue weighted by molar-refractivity contribution is 7.90. The number of pyridine rings is 1. The summed E-state index contributed by atoms with van der Waals surface area (Å²) in [4.78, 5) is 37.2. The van der Waals surface area contributed by atoms with Gasteiger partial charge in [-0.2, -0.15) is 0 Å². The molecular weight excluding hydrogens is 894 g/mol. The second kappa shape index (κ2) is 16.7. The molecule has 0 radical (unpaired) electrons. The first-order valence-corrected chi connectivity index (χ1v) is 25.3. The van der Waals surface area contributed by atoms with Crippen molar-refractivity contribution in [3.8, 4) is 17.2 Å². The summed E-state index contributed by atoms with van der Waals surface area (Å²) >= 11 is 0. The number of nitro benzene ring substituents is 1. The SMILES string of the molecule is C[C@]1(O)CC[C@H]([C@H]2COc3cc(S(=O)(=O)NC(=O)c4ccc(N5CCC6(CC5)CC(N5CCC[C@H]5c5ccccc5C5(O)CC5)C6)cc4Oc4cnc5[nH]cc(F)c5c4)cc([N+](=O)[O-])c3N2)CC1. The average molecular weight is 950 g/mol. The Morgan fingerprint density at radius 3 is 2.51 bits per heavy atom. The van der Waals surface area contributed by atoms with Crippen LogP contribution in [0, 0.1) is 27.3 Å². The third-order valence-electron chi connectivity index (χ3n) is 15.9. The molecule has 18 heteroatoms. The van der Waals surface area contributed by atoms with Crippen molar-refractivity contribution in [3.05, 3.63) is 106 Å². The van der Waals surface area contributed by atoms with Crippen LogP contribution < -0.4 is 24.4 Å². The molecule has 0 unspecified atom stereocenters. The number of likely N-dealkylation sites (tertiary alicyclic amines) is 1. The number of sulfonamides is 1. The molecular formula is C50H56FN7O9S. The predicted molar refractivity (Wildman–Crippen MR) is 251 cm³/mol. The summed E-state index contributed by atoms with van der Waals surface area (Å²) < 4.78 is 56.9. The maximum atomic E-state index is 14.7. The van der Waals surface area contributed by atoms with Crippen LogP contribution in [0.3, 0.4) is 0 Å². The number of anilines is 2. The Hall–Kier alpha value is -5.82. The largest absolute Gasteiger partial charge is 0.489 e. The Labute approximate surface area is 393 Å². The predicted octanol–water partition coefficient (Wildman–Crippen LogP) is 8.20. The van der Waals surface area contributed by atoms with Crippen molar-refractivity contribution in [2.24, 2.45) is 11.3 Å². The summed E-state index contributed by atoms with van der Waals surface area (Å²) in [6.45, 7) is 4.49. The molecule has 6 aliphatic rings. The van der Waals surface area contributed by atoms with E-state index < -0.39 is 48.5 Å². The Morgan fingerprint density at radius 1 is 1.00 bits per heavy atom. The number of halogens is 1. The van der Waals surface area contributed by atoms with Crippen molar-refractivity contribution < 1.29 is 42.2 Å². The number of nitrogens with zero attached hydrogens (tertiary/aromatic N) is 4. The molecule has 1 spiro atoms. The number of hydrogen-bond donors (Lipinski definition) is 5. The van der Waals surface area contributed by atoms with Gasteiger partial charge in [0.15, 0.2) is 11.4 Å². The molecule has 3 saturated carbocycles. The molecule has 358 valence electrons. The molecule has 0 bridgehead atoms. The van der Waals surface area contributed by atoms with E-state index in [0.29, 0.717) is 43.4 Å². The van der Waals surface area contributed by atoms with Crippen molar-refractivity contribution >= 4 is 44.0 Å². The molecule has 3 aromatic carbocycles. The van der Waals surface area contributed by atoms with Gasteiger partial charge >= 0.3 is 0 Å². The zero-order chi connectivity index (χ0) is 47.2. The average Bonchev–Trinajstić information content (AvgIpc) is 3.69. The van der Waals surface area contributed by atoms with Crippen molar-refractivity contribution in [2.75, 3.05) is 36.5 Å². The Kier molecular flexibility index (Phi) is 11.0. The standard InChI is InChI=1S/C50H56FN7O9S/c1-48(60)12-10-30(11-13-48)40-29-66-44-24-34(23-42(58(62)63)45(44)54-40)68(64,65)55-47(59)36-9-8-31(21-43(36)67-33-22-37-39(51)28-53-46(37)52-27-33)56-19-16-49(17-20-56)25-32(26-49)57-18-4-7-41(57)35-5-2-3-6-38(35)50(61)14-15-50/h2-3,5-6,8-9,21-24,27-28,30,32,40-41,54,60-61H,4,7,10-20,25-26,29H2,1H3,(H,52,53)(H,55,59)/t30-,40-,41+,48-/m1/s1. The Morgan fingerprint density at radius 2 is 1.76 bits per heavy atom. The van der Waals surface area contributed by atoms with Crippen molar-refractivity contribution in [1.82, 2.24) is 19.6 Å². The minimum atomic E-state index is -4.72. The lowest BCUT2D eigenvalue weighted by Gasteiger charge is -2.56. The van der Waals surface area contributed by atoms with Crippen LogP contribution in [-0.4, -0.2) is 88.3 Å². The van der Waals surface area contributed by atoms with Crippen LogP contribution in [0.25, 0.3) is 11.0 Å². The number of nitro groups is 1. The fourth-order valence-corrected chi connectivity index (χ4v) is 12.8. The number of nitrogens with one attached hydrogen (secondary N) is 3. The number of hydrogen-bond acceptors (Lipinski definition) is 13. The number of aromatic nitrogens is 2. The number of rotatable bonds is 11. The van der Waals surface area contributed by atoms with Gasteiger partial charge in [-0.15, -0.1) is 0 Å². The van der Waals surface area contributed by atoms with E-state index in [1.807, 2.05) is 6.07 Å². The lowest BCUT2D eigenvalue weighted by Crippen LogP contribution is -2.55. The molecule has 68 heavy (non-hydrogen) atoms. The molecule has 1 amide bonds. The van der Waals surface area contributed by atoms with Crippen LogP contribution in [0.2, 0.25) is 0 Å². The third-order valence-corrected chi connectivity index (χ3v) is 17.3. The van der Waals surface area contributed by atoms with Gasteiger partial charge in [-0.3, -0.25) is 19.8 Å². The van der Waals surface area contributed by atoms with E-state index in [2.05, 4.69) is 48.0 Å². The molecule has 16 nitrogen and oxygen atoms in total. The molecule has 2 aromatic heterocycles. The van der Waals surface area contributed by atoms with Crippen LogP contribution in [0.5, 0.6) is 17.2 Å². The van der Waals surface area contributed by atoms with Gasteiger partial charge in [0.2, 0.25) is 0 Å². The fourth-order valence-electron chi connectivity index (χ4n) is 11.8. The molecule has 3 aliphatic heterocycles. The number of amides is 1. The molecule has 3 aliphatic carbocycles. The number of ether oxygens (including phenoxy) is 2. The summed E-state index contributed by atoms with van der Waals surface area (Å²) in [6, 6.07) is 17.4. The molecule has 5 heterocycles. The molecule has 2 saturated heterocycles. The van der Waals surface area contributed by atoms with E-state index in [9.17, 15) is 37.9 Å². The van der Waals surface area contributed by atoms with Crippen LogP contribution in [0.4, 0.5) is 21.5 Å². The number of aromatic amines is 1. The first-order chi connectivity index (χ1) is 32.6. The maximum absolute atomic E-state index is 14.7. The summed E-state index contributed by atoms with van der Waals surface area (Å²) in [6.07, 6.45) is 13.1. The summed E-state index contributed by atoms with van der Waals surface area (Å²) in [5, 5.41) is 37.3. The van der Waals surface area contributed by atoms with Gasteiger partial charge in [0, 0.05) is 55.3 Å². The lowest BCUT2D eigenvalue weighted by atomic mass is 9.59. The van der Waals surface area contributed by atoms with Crippen molar-refractivity contribution in [1.29, 1.82) is 0 Å². The first-order valence-electron chi connectivity index (χ1n) is 23.8. The summed E-state index contributed by atoms with van der Waals surface area (Å²) in [5.41, 5.74) is 1.58. The highest BCUT2D eigenvalue weighted by Gasteiger charge is 2.51. The maximum Gasteiger partial charge on any atom is 0.297 e. The Balaban J connectivity index is 0.807. The Bertz CT molecular complexity index is 2920. The molecule has 5 aromatic rings. The van der Waals surface area contributed by atoms with E-state index in [1.165, 1.54) is 30.1 Å². The fraction of sp³-hybridized carbons (Fsp3) is 0.480. The van der Waals surface area contributed by atoms with Gasteiger partial charge in [-0.05, 0) is 131 Å². The zero-order valence-electron chi connectivity index (χ0n) is 37.9. The summed E-state index contributed by atoms with van der Waals surface area (Å²) in [7, 11) is -4.72. The van der Waals surface area contributed by atoms with Crippen LogP contribution >= 0.6 is 0 Å². The topological polar surface area (TPSA) is 212 Å². The minimum absolute atomic E-state index is 0.00623. The van der Waals surface area contributed by atoms with E-state index in [-0.39, 0.29) is 57.9 Å². The number of carbonyl (C=O) groups excluding carboxylic acids is 1. The number of fused-ring (bicyclic) bond motifs is 2. The second-order valence-corrected chi connectivity index (χ2v) is 22.1. The normalized spacial score (nSPS) is 25.5. The number of benzene rings is 3. The van der Waals surface area contributed by atoms with Crippen LogP contribution in [-0.2, 0) is 15.6 Å². The quantitative estimate of drug-likeness (QED) is 0.0625. The zero-order valence-corrected chi connectivity index (χ0v) is 38.7. The molecule has 2 atom stereocenters. The molecule has 5 N–H and O–H groups in total. The third kappa shape index (κ3) is 8.32. The highest BCUT2D eigenvalue weighted by Crippen LogP contribution is 2.56. The number of carbonyl (C=O) groups is 1. The van der Waals surface area contributed by atoms with Gasteiger partial charge < -0.3 is 34.9 Å². The summed E-state index contributed by atoms with van der Waals surface area (Å²) in [5.74, 6) is -1.42. The van der Waals surface area contributed by atoms with E-state index in [4.69, 9.17) is 9.47 Å². The van der Waals surface area contributed by atoms with Gasteiger partial charge in [-0.25, -0.2) is 22.5 Å². The number of aliphatic hydroxyl groups is 2. The van der Waals surface area contributed by atoms with E-state index in [0.717, 1.165) is 94.4 Å². The van der Waals surface area contributed by atoms with E-state index >= 15 is 0 Å². The number of H-pyrrole nitrogens is 1. The van der Waals surface area contributed by atoms with Crippen LogP contribution in [0.1, 0.15) is 112 Å². The van der Waals surface area contributed by atoms with Gasteiger partial charge in [0.05, 0.1) is 44.2 Å². The number of piperidine rings is 1.